The summed E-state index contributed by atoms with van der Waals surface area (Å²) in [4.78, 5) is 12.2. The number of benzene rings is 3. The van der Waals surface area contributed by atoms with E-state index in [4.69, 9.17) is 9.47 Å². The quantitative estimate of drug-likeness (QED) is 0.637. The van der Waals surface area contributed by atoms with E-state index in [0.29, 0.717) is 11.4 Å². The molecule has 0 aliphatic rings. The number of hydrogen-bond acceptors (Lipinski definition) is 3. The molecule has 3 rings (SSSR count). The fourth-order valence-corrected chi connectivity index (χ4v) is 2.96. The van der Waals surface area contributed by atoms with E-state index in [9.17, 15) is 4.79 Å². The van der Waals surface area contributed by atoms with Crippen LogP contribution < -0.4 is 14.8 Å². The van der Waals surface area contributed by atoms with Crippen molar-refractivity contribution in [3.63, 3.8) is 0 Å². The molecule has 0 bridgehead atoms. The summed E-state index contributed by atoms with van der Waals surface area (Å²) in [6.45, 7) is 5.98. The van der Waals surface area contributed by atoms with Crippen molar-refractivity contribution in [3.8, 4) is 17.2 Å². The van der Waals surface area contributed by atoms with E-state index in [2.05, 4.69) is 5.32 Å². The Hall–Kier alpha value is -3.27. The molecule has 0 aliphatic heterocycles. The highest BCUT2D eigenvalue weighted by Gasteiger charge is 2.09. The zero-order chi connectivity index (χ0) is 19.2. The number of para-hydroxylation sites is 1. The first-order valence-corrected chi connectivity index (χ1v) is 8.85. The van der Waals surface area contributed by atoms with Gasteiger partial charge in [0, 0.05) is 5.69 Å². The largest absolute Gasteiger partial charge is 0.483 e. The fraction of sp³-hybridized carbons (Fsp3) is 0.174. The second kappa shape index (κ2) is 8.41. The van der Waals surface area contributed by atoms with Gasteiger partial charge in [-0.05, 0) is 68.3 Å². The predicted molar refractivity (Wildman–Crippen MR) is 108 cm³/mol. The second-order valence-corrected chi connectivity index (χ2v) is 6.50. The minimum Gasteiger partial charge on any atom is -0.483 e. The van der Waals surface area contributed by atoms with Crippen molar-refractivity contribution >= 4 is 11.6 Å². The van der Waals surface area contributed by atoms with Crippen molar-refractivity contribution in [3.05, 3.63) is 83.4 Å². The van der Waals surface area contributed by atoms with Crippen LogP contribution in [-0.4, -0.2) is 12.5 Å². The number of anilines is 1. The van der Waals surface area contributed by atoms with Gasteiger partial charge in [0.15, 0.2) is 6.61 Å². The molecule has 4 nitrogen and oxygen atoms in total. The number of aryl methyl sites for hydroxylation is 3. The van der Waals surface area contributed by atoms with E-state index in [1.165, 1.54) is 5.56 Å². The first kappa shape index (κ1) is 18.5. The van der Waals surface area contributed by atoms with E-state index >= 15 is 0 Å². The zero-order valence-corrected chi connectivity index (χ0v) is 15.8. The van der Waals surface area contributed by atoms with Gasteiger partial charge in [0.2, 0.25) is 0 Å². The van der Waals surface area contributed by atoms with E-state index in [0.717, 1.165) is 22.6 Å². The first-order valence-electron chi connectivity index (χ1n) is 8.85. The van der Waals surface area contributed by atoms with Gasteiger partial charge in [0.05, 0.1) is 0 Å². The van der Waals surface area contributed by atoms with Crippen molar-refractivity contribution in [1.29, 1.82) is 0 Å². The average Bonchev–Trinajstić information content (AvgIpc) is 2.63. The molecule has 1 N–H and O–H groups in total. The minimum absolute atomic E-state index is 0.0347. The molecule has 0 atom stereocenters. The van der Waals surface area contributed by atoms with Crippen LogP contribution in [0.4, 0.5) is 5.69 Å². The van der Waals surface area contributed by atoms with Gasteiger partial charge >= 0.3 is 0 Å². The molecule has 138 valence electrons. The van der Waals surface area contributed by atoms with Crippen LogP contribution in [0.5, 0.6) is 17.2 Å². The Morgan fingerprint density at radius 1 is 0.852 bits per heavy atom. The van der Waals surface area contributed by atoms with Crippen LogP contribution >= 0.6 is 0 Å². The monoisotopic (exact) mass is 361 g/mol. The molecular weight excluding hydrogens is 338 g/mol. The molecule has 3 aromatic rings. The highest BCUT2D eigenvalue weighted by molar-refractivity contribution is 5.91. The predicted octanol–water partition coefficient (Wildman–Crippen LogP) is 5.42. The van der Waals surface area contributed by atoms with Gasteiger partial charge in [-0.2, -0.15) is 0 Å². The lowest BCUT2D eigenvalue weighted by Crippen LogP contribution is -2.20. The van der Waals surface area contributed by atoms with E-state index in [1.807, 2.05) is 75.4 Å². The van der Waals surface area contributed by atoms with Crippen LogP contribution in [0.25, 0.3) is 0 Å². The molecule has 0 saturated carbocycles. The summed E-state index contributed by atoms with van der Waals surface area (Å²) in [5, 5.41) is 2.83. The summed E-state index contributed by atoms with van der Waals surface area (Å²) in [5.41, 5.74) is 3.94. The Balaban J connectivity index is 1.55. The number of nitrogens with one attached hydrogen (secondary N) is 1. The number of carbonyl (C=O) groups excluding carboxylic acids is 1. The Bertz CT molecular complexity index is 895. The van der Waals surface area contributed by atoms with Crippen LogP contribution in [0.3, 0.4) is 0 Å². The van der Waals surface area contributed by atoms with Crippen LogP contribution in [0.1, 0.15) is 16.7 Å². The standard InChI is InChI=1S/C23H23NO3/c1-16-13-17(2)23(18(3)14-16)26-15-22(25)24-19-9-11-21(12-10-19)27-20-7-5-4-6-8-20/h4-14H,15H2,1-3H3,(H,24,25). The number of rotatable bonds is 6. The summed E-state index contributed by atoms with van der Waals surface area (Å²) < 4.78 is 11.5. The van der Waals surface area contributed by atoms with Crippen LogP contribution in [0, 0.1) is 20.8 Å². The van der Waals surface area contributed by atoms with Crippen molar-refractivity contribution in [2.24, 2.45) is 0 Å². The Morgan fingerprint density at radius 2 is 1.44 bits per heavy atom. The molecule has 0 saturated heterocycles. The molecule has 0 fully saturated rings. The lowest BCUT2D eigenvalue weighted by Gasteiger charge is -2.13. The van der Waals surface area contributed by atoms with Gasteiger partial charge < -0.3 is 14.8 Å². The third-order valence-electron chi connectivity index (χ3n) is 4.07. The first-order chi connectivity index (χ1) is 13.0. The smallest absolute Gasteiger partial charge is 0.262 e. The number of carbonyl (C=O) groups is 1. The summed E-state index contributed by atoms with van der Waals surface area (Å²) in [5.74, 6) is 2.04. The van der Waals surface area contributed by atoms with Crippen molar-refractivity contribution in [1.82, 2.24) is 0 Å². The van der Waals surface area contributed by atoms with Crippen molar-refractivity contribution in [2.75, 3.05) is 11.9 Å². The third kappa shape index (κ3) is 5.11. The van der Waals surface area contributed by atoms with Gasteiger partial charge in [-0.1, -0.05) is 35.9 Å². The molecule has 0 aliphatic carbocycles. The molecule has 0 spiro atoms. The van der Waals surface area contributed by atoms with E-state index in [-0.39, 0.29) is 12.5 Å². The molecule has 4 heteroatoms. The molecular formula is C23H23NO3. The van der Waals surface area contributed by atoms with Gasteiger partial charge in [-0.25, -0.2) is 0 Å². The summed E-state index contributed by atoms with van der Waals surface area (Å²) in [6, 6.07) is 20.9. The summed E-state index contributed by atoms with van der Waals surface area (Å²) >= 11 is 0. The summed E-state index contributed by atoms with van der Waals surface area (Å²) in [6.07, 6.45) is 0. The van der Waals surface area contributed by atoms with Gasteiger partial charge in [-0.3, -0.25) is 4.79 Å². The minimum atomic E-state index is -0.203. The Kier molecular flexibility index (Phi) is 5.77. The lowest BCUT2D eigenvalue weighted by atomic mass is 10.1. The highest BCUT2D eigenvalue weighted by atomic mass is 16.5. The third-order valence-corrected chi connectivity index (χ3v) is 4.07. The topological polar surface area (TPSA) is 47.6 Å². The maximum atomic E-state index is 12.2. The molecule has 0 unspecified atom stereocenters. The molecule has 0 radical (unpaired) electrons. The van der Waals surface area contributed by atoms with E-state index in [1.54, 1.807) is 12.1 Å². The Labute approximate surface area is 159 Å². The molecule has 3 aromatic carbocycles. The maximum Gasteiger partial charge on any atom is 0.262 e. The van der Waals surface area contributed by atoms with Crippen LogP contribution in [-0.2, 0) is 4.79 Å². The van der Waals surface area contributed by atoms with Crippen molar-refractivity contribution < 1.29 is 14.3 Å². The SMILES string of the molecule is Cc1cc(C)c(OCC(=O)Nc2ccc(Oc3ccccc3)cc2)c(C)c1. The molecule has 0 heterocycles. The second-order valence-electron chi connectivity index (χ2n) is 6.50. The molecule has 27 heavy (non-hydrogen) atoms. The van der Waals surface area contributed by atoms with Gasteiger partial charge in [0.1, 0.15) is 17.2 Å². The lowest BCUT2D eigenvalue weighted by molar-refractivity contribution is -0.118. The van der Waals surface area contributed by atoms with Crippen molar-refractivity contribution in [2.45, 2.75) is 20.8 Å². The summed E-state index contributed by atoms with van der Waals surface area (Å²) in [7, 11) is 0. The van der Waals surface area contributed by atoms with Crippen LogP contribution in [0.15, 0.2) is 66.7 Å². The fourth-order valence-electron chi connectivity index (χ4n) is 2.96. The molecule has 1 amide bonds. The highest BCUT2D eigenvalue weighted by Crippen LogP contribution is 2.25. The Morgan fingerprint density at radius 3 is 2.07 bits per heavy atom. The molecule has 0 aromatic heterocycles. The van der Waals surface area contributed by atoms with Crippen LogP contribution in [0.2, 0.25) is 0 Å². The average molecular weight is 361 g/mol. The number of hydrogen-bond donors (Lipinski definition) is 1. The zero-order valence-electron chi connectivity index (χ0n) is 15.8. The number of ether oxygens (including phenoxy) is 2. The van der Waals surface area contributed by atoms with Gasteiger partial charge in [0.25, 0.3) is 5.91 Å². The number of amides is 1. The maximum absolute atomic E-state index is 12.2. The normalized spacial score (nSPS) is 10.3. The van der Waals surface area contributed by atoms with Gasteiger partial charge in [-0.15, -0.1) is 0 Å². The van der Waals surface area contributed by atoms with E-state index < -0.39 is 0 Å².